The van der Waals surface area contributed by atoms with Gasteiger partial charge >= 0.3 is 0 Å². The van der Waals surface area contributed by atoms with Gasteiger partial charge in [0.15, 0.2) is 5.82 Å². The first-order valence-corrected chi connectivity index (χ1v) is 10.8. The largest absolute Gasteiger partial charge is 0.487 e. The Labute approximate surface area is 185 Å². The molecule has 0 N–H and O–H groups in total. The van der Waals surface area contributed by atoms with E-state index in [9.17, 15) is 4.79 Å². The highest BCUT2D eigenvalue weighted by Gasteiger charge is 2.27. The first-order valence-electron chi connectivity index (χ1n) is 10.8. The Bertz CT molecular complexity index is 1250. The van der Waals surface area contributed by atoms with Crippen molar-refractivity contribution in [3.63, 3.8) is 0 Å². The average Bonchev–Trinajstić information content (AvgIpc) is 3.43. The summed E-state index contributed by atoms with van der Waals surface area (Å²) in [6.45, 7) is 5.53. The molecule has 1 aliphatic heterocycles. The number of likely N-dealkylation sites (tertiary alicyclic amines) is 1. The van der Waals surface area contributed by atoms with Crippen LogP contribution < -0.4 is 4.74 Å². The van der Waals surface area contributed by atoms with Crippen molar-refractivity contribution in [2.45, 2.75) is 39.2 Å². The highest BCUT2D eigenvalue weighted by molar-refractivity contribution is 5.94. The van der Waals surface area contributed by atoms with E-state index in [4.69, 9.17) is 9.26 Å². The maximum absolute atomic E-state index is 13.0. The Balaban J connectivity index is 1.21. The van der Waals surface area contributed by atoms with Gasteiger partial charge in [-0.15, -0.1) is 0 Å². The molecule has 1 amide bonds. The number of hydrogen-bond acceptors (Lipinski definition) is 6. The van der Waals surface area contributed by atoms with Gasteiger partial charge in [-0.05, 0) is 56.5 Å². The van der Waals surface area contributed by atoms with E-state index in [1.807, 2.05) is 65.9 Å². The fraction of sp³-hybridized carbons (Fsp3) is 0.333. The van der Waals surface area contributed by atoms with E-state index >= 15 is 0 Å². The van der Waals surface area contributed by atoms with E-state index < -0.39 is 0 Å². The minimum atomic E-state index is 0.0128. The summed E-state index contributed by atoms with van der Waals surface area (Å²) in [4.78, 5) is 23.8. The van der Waals surface area contributed by atoms with Crippen molar-refractivity contribution in [1.29, 1.82) is 0 Å². The first kappa shape index (κ1) is 20.2. The van der Waals surface area contributed by atoms with Crippen LogP contribution in [0.25, 0.3) is 5.65 Å². The summed E-state index contributed by atoms with van der Waals surface area (Å²) in [6.07, 6.45) is 5.63. The number of aromatic nitrogens is 4. The zero-order valence-electron chi connectivity index (χ0n) is 18.2. The Morgan fingerprint density at radius 3 is 2.75 bits per heavy atom. The van der Waals surface area contributed by atoms with Crippen molar-refractivity contribution in [2.24, 2.45) is 0 Å². The van der Waals surface area contributed by atoms with Crippen molar-refractivity contribution in [2.75, 3.05) is 13.1 Å². The predicted molar refractivity (Wildman–Crippen MR) is 118 cm³/mol. The molecule has 0 unspecified atom stereocenters. The van der Waals surface area contributed by atoms with E-state index in [-0.39, 0.29) is 11.8 Å². The van der Waals surface area contributed by atoms with E-state index in [1.165, 1.54) is 5.56 Å². The quantitative estimate of drug-likeness (QED) is 0.476. The van der Waals surface area contributed by atoms with Crippen molar-refractivity contribution >= 4 is 11.6 Å². The molecule has 1 aliphatic rings. The molecule has 4 aromatic rings. The van der Waals surface area contributed by atoms with Crippen LogP contribution in [-0.4, -0.2) is 43.4 Å². The minimum Gasteiger partial charge on any atom is -0.487 e. The van der Waals surface area contributed by atoms with Crippen LogP contribution in [0, 0.1) is 13.8 Å². The van der Waals surface area contributed by atoms with Gasteiger partial charge in [-0.2, -0.15) is 4.98 Å². The summed E-state index contributed by atoms with van der Waals surface area (Å²) in [5.74, 6) is 2.20. The van der Waals surface area contributed by atoms with E-state index in [0.717, 1.165) is 24.2 Å². The molecule has 8 nitrogen and oxygen atoms in total. The van der Waals surface area contributed by atoms with Gasteiger partial charge in [0.1, 0.15) is 18.0 Å². The van der Waals surface area contributed by atoms with Crippen LogP contribution in [0.2, 0.25) is 0 Å². The van der Waals surface area contributed by atoms with Crippen molar-refractivity contribution < 1.29 is 14.1 Å². The molecule has 0 saturated carbocycles. The summed E-state index contributed by atoms with van der Waals surface area (Å²) < 4.78 is 13.2. The number of ether oxygens (including phenoxy) is 1. The smallest absolute Gasteiger partial charge is 0.253 e. The molecule has 0 spiro atoms. The van der Waals surface area contributed by atoms with Crippen LogP contribution >= 0.6 is 0 Å². The number of imidazole rings is 1. The monoisotopic (exact) mass is 431 g/mol. The number of hydrogen-bond donors (Lipinski definition) is 0. The lowest BCUT2D eigenvalue weighted by atomic mass is 9.96. The molecule has 0 radical (unpaired) electrons. The number of nitrogens with zero attached hydrogens (tertiary/aromatic N) is 5. The van der Waals surface area contributed by atoms with Gasteiger partial charge in [0.25, 0.3) is 5.91 Å². The Hall–Kier alpha value is -3.68. The molecular formula is C24H25N5O3. The van der Waals surface area contributed by atoms with Gasteiger partial charge in [-0.25, -0.2) is 4.98 Å². The third-order valence-corrected chi connectivity index (χ3v) is 5.79. The maximum Gasteiger partial charge on any atom is 0.253 e. The number of carbonyl (C=O) groups excluding carboxylic acids is 1. The molecule has 3 aromatic heterocycles. The Morgan fingerprint density at radius 1 is 1.12 bits per heavy atom. The molecule has 32 heavy (non-hydrogen) atoms. The van der Waals surface area contributed by atoms with Gasteiger partial charge in [0.05, 0.1) is 5.69 Å². The molecule has 4 heterocycles. The molecular weight excluding hydrogens is 406 g/mol. The first-order chi connectivity index (χ1) is 15.5. The average molecular weight is 431 g/mol. The van der Waals surface area contributed by atoms with Gasteiger partial charge in [0.2, 0.25) is 5.89 Å². The van der Waals surface area contributed by atoms with Crippen LogP contribution in [0.15, 0.2) is 53.3 Å². The van der Waals surface area contributed by atoms with Crippen LogP contribution in [0.4, 0.5) is 0 Å². The molecule has 0 aliphatic carbocycles. The Morgan fingerprint density at radius 2 is 1.97 bits per heavy atom. The maximum atomic E-state index is 13.0. The fourth-order valence-corrected chi connectivity index (χ4v) is 4.09. The summed E-state index contributed by atoms with van der Waals surface area (Å²) in [5.41, 5.74) is 3.52. The number of benzene rings is 1. The topological polar surface area (TPSA) is 85.8 Å². The molecule has 164 valence electrons. The SMILES string of the molecule is Cc1ccc2nc(COc3cccc(C(=O)N4CCC(c5nc(C)no5)CC4)c3)cn2c1. The summed E-state index contributed by atoms with van der Waals surface area (Å²) >= 11 is 0. The Kier molecular flexibility index (Phi) is 5.34. The van der Waals surface area contributed by atoms with Gasteiger partial charge < -0.3 is 18.6 Å². The third kappa shape index (κ3) is 4.21. The standard InChI is InChI=1S/C24H25N5O3/c1-16-6-7-22-26-20(14-29(22)13-16)15-31-21-5-3-4-19(12-21)24(30)28-10-8-18(9-11-28)23-25-17(2)27-32-23/h3-7,12-14,18H,8-11,15H2,1-2H3. The molecule has 1 saturated heterocycles. The highest BCUT2D eigenvalue weighted by atomic mass is 16.5. The normalized spacial score (nSPS) is 14.8. The highest BCUT2D eigenvalue weighted by Crippen LogP contribution is 2.28. The second-order valence-electron chi connectivity index (χ2n) is 8.27. The lowest BCUT2D eigenvalue weighted by Gasteiger charge is -2.30. The number of carbonyl (C=O) groups is 1. The van der Waals surface area contributed by atoms with Crippen LogP contribution in [0.5, 0.6) is 5.75 Å². The zero-order valence-corrected chi connectivity index (χ0v) is 18.2. The van der Waals surface area contributed by atoms with Crippen LogP contribution in [0.1, 0.15) is 52.1 Å². The van der Waals surface area contributed by atoms with Crippen LogP contribution in [-0.2, 0) is 6.61 Å². The van der Waals surface area contributed by atoms with Crippen molar-refractivity contribution in [1.82, 2.24) is 24.4 Å². The zero-order chi connectivity index (χ0) is 22.1. The molecule has 1 fully saturated rings. The third-order valence-electron chi connectivity index (χ3n) is 5.79. The van der Waals surface area contributed by atoms with E-state index in [1.54, 1.807) is 6.07 Å². The molecule has 1 aromatic carbocycles. The van der Waals surface area contributed by atoms with Crippen molar-refractivity contribution in [3.05, 3.63) is 77.3 Å². The predicted octanol–water partition coefficient (Wildman–Crippen LogP) is 3.93. The van der Waals surface area contributed by atoms with Gasteiger partial charge in [-0.1, -0.05) is 17.3 Å². The summed E-state index contributed by atoms with van der Waals surface area (Å²) in [5, 5.41) is 3.87. The number of amides is 1. The van der Waals surface area contributed by atoms with Gasteiger partial charge in [0, 0.05) is 37.0 Å². The number of fused-ring (bicyclic) bond motifs is 1. The molecule has 8 heteroatoms. The number of pyridine rings is 1. The van der Waals surface area contributed by atoms with E-state index in [0.29, 0.717) is 42.7 Å². The van der Waals surface area contributed by atoms with Crippen molar-refractivity contribution in [3.8, 4) is 5.75 Å². The van der Waals surface area contributed by atoms with Gasteiger partial charge in [-0.3, -0.25) is 4.79 Å². The van der Waals surface area contributed by atoms with E-state index in [2.05, 4.69) is 15.1 Å². The summed E-state index contributed by atoms with van der Waals surface area (Å²) in [6, 6.07) is 11.4. The second kappa shape index (κ2) is 8.45. The number of rotatable bonds is 5. The lowest BCUT2D eigenvalue weighted by molar-refractivity contribution is 0.0704. The number of aryl methyl sites for hydroxylation is 2. The minimum absolute atomic E-state index is 0.0128. The van der Waals surface area contributed by atoms with Crippen LogP contribution in [0.3, 0.4) is 0 Å². The second-order valence-corrected chi connectivity index (χ2v) is 8.27. The fourth-order valence-electron chi connectivity index (χ4n) is 4.09. The summed E-state index contributed by atoms with van der Waals surface area (Å²) in [7, 11) is 0. The molecule has 5 rings (SSSR count). The lowest BCUT2D eigenvalue weighted by Crippen LogP contribution is -2.38. The molecule has 0 atom stereocenters. The molecule has 0 bridgehead atoms. The number of piperidine rings is 1.